The van der Waals surface area contributed by atoms with Gasteiger partial charge in [-0.25, -0.2) is 9.97 Å². The number of oxazole rings is 2. The van der Waals surface area contributed by atoms with E-state index in [0.717, 1.165) is 66.5 Å². The van der Waals surface area contributed by atoms with E-state index >= 15 is 0 Å². The molecule has 0 radical (unpaired) electrons. The van der Waals surface area contributed by atoms with Crippen molar-refractivity contribution in [1.82, 2.24) is 14.5 Å². The third-order valence-electron chi connectivity index (χ3n) is 10.8. The van der Waals surface area contributed by atoms with E-state index in [-0.39, 0.29) is 5.41 Å². The summed E-state index contributed by atoms with van der Waals surface area (Å²) in [6.07, 6.45) is 0. The minimum atomic E-state index is -0.132. The Morgan fingerprint density at radius 2 is 0.962 bits per heavy atom. The second kappa shape index (κ2) is 11.0. The normalized spacial score (nSPS) is 13.6. The van der Waals surface area contributed by atoms with Crippen molar-refractivity contribution in [3.05, 3.63) is 169 Å². The minimum absolute atomic E-state index is 0.132. The first-order valence-electron chi connectivity index (χ1n) is 17.9. The predicted molar refractivity (Wildman–Crippen MR) is 214 cm³/mol. The second-order valence-corrected chi connectivity index (χ2v) is 14.3. The van der Waals surface area contributed by atoms with Crippen LogP contribution in [0.3, 0.4) is 0 Å². The molecule has 7 aromatic carbocycles. The van der Waals surface area contributed by atoms with Crippen LogP contribution in [0.2, 0.25) is 0 Å². The number of aromatic nitrogens is 3. The predicted octanol–water partition coefficient (Wildman–Crippen LogP) is 12.5. The molecule has 0 unspecified atom stereocenters. The molecule has 53 heavy (non-hydrogen) atoms. The van der Waals surface area contributed by atoms with Crippen molar-refractivity contribution in [3.63, 3.8) is 0 Å². The summed E-state index contributed by atoms with van der Waals surface area (Å²) in [5, 5.41) is 2.16. The van der Waals surface area contributed by atoms with E-state index in [2.05, 4.69) is 133 Å². The van der Waals surface area contributed by atoms with Gasteiger partial charge in [0.15, 0.2) is 11.2 Å². The van der Waals surface area contributed by atoms with Crippen LogP contribution in [0, 0.1) is 0 Å². The van der Waals surface area contributed by atoms with Crippen molar-refractivity contribution in [2.24, 2.45) is 0 Å². The van der Waals surface area contributed by atoms with Crippen LogP contribution in [0.25, 0.3) is 72.6 Å². The molecule has 11 rings (SSSR count). The maximum atomic E-state index is 6.24. The van der Waals surface area contributed by atoms with Crippen LogP contribution >= 0.6 is 0 Å². The molecule has 0 bridgehead atoms. The molecule has 1 aliphatic rings. The average molecular weight is 685 g/mol. The van der Waals surface area contributed by atoms with Crippen LogP contribution in [0.5, 0.6) is 0 Å². The monoisotopic (exact) mass is 684 g/mol. The molecule has 0 atom stereocenters. The lowest BCUT2D eigenvalue weighted by atomic mass is 9.73. The molecule has 1 aliphatic heterocycles. The Morgan fingerprint density at radius 1 is 0.472 bits per heavy atom. The van der Waals surface area contributed by atoms with Gasteiger partial charge in [0, 0.05) is 38.7 Å². The van der Waals surface area contributed by atoms with Crippen molar-refractivity contribution in [3.8, 4) is 28.6 Å². The smallest absolute Gasteiger partial charge is 0.227 e. The van der Waals surface area contributed by atoms with Gasteiger partial charge in [0.2, 0.25) is 11.8 Å². The molecular formula is C47H32N4O2. The fourth-order valence-corrected chi connectivity index (χ4v) is 8.28. The van der Waals surface area contributed by atoms with E-state index < -0.39 is 0 Å². The Morgan fingerprint density at radius 3 is 1.51 bits per heavy atom. The molecule has 0 saturated carbocycles. The first kappa shape index (κ1) is 29.8. The molecule has 0 amide bonds. The zero-order valence-electron chi connectivity index (χ0n) is 29.1. The van der Waals surface area contributed by atoms with Gasteiger partial charge >= 0.3 is 0 Å². The number of fused-ring (bicyclic) bond motifs is 7. The third-order valence-corrected chi connectivity index (χ3v) is 10.8. The number of hydrogen-bond acceptors (Lipinski definition) is 5. The van der Waals surface area contributed by atoms with Crippen LogP contribution < -0.4 is 4.90 Å². The maximum absolute atomic E-state index is 6.24. The number of nitrogens with zero attached hydrogens (tertiary/aromatic N) is 4. The summed E-state index contributed by atoms with van der Waals surface area (Å²) in [6, 6.07) is 55.1. The summed E-state index contributed by atoms with van der Waals surface area (Å²) in [4.78, 5) is 12.1. The quantitative estimate of drug-likeness (QED) is 0.185. The standard InChI is InChI=1S/C47H32N4O2/c1-47(2)35-14-3-7-18-41(35)51(42-19-8-4-15-36(42)47)32-13-11-12-31(28-32)50-39-24-22-29(45-48-37-16-5-9-20-43(37)52-45)26-33(39)34-27-30(23-25-40(34)50)46-49-38-17-6-10-21-44(38)53-46/h3-28H,1-2H3. The Balaban J connectivity index is 1.13. The fraction of sp³-hybridized carbons (Fsp3) is 0.0638. The fourth-order valence-electron chi connectivity index (χ4n) is 8.28. The molecule has 6 nitrogen and oxygen atoms in total. The number of hydrogen-bond donors (Lipinski definition) is 0. The zero-order valence-corrected chi connectivity index (χ0v) is 29.1. The zero-order chi connectivity index (χ0) is 35.3. The van der Waals surface area contributed by atoms with Gasteiger partial charge in [-0.2, -0.15) is 0 Å². The summed E-state index contributed by atoms with van der Waals surface area (Å²) in [5.41, 5.74) is 14.2. The van der Waals surface area contributed by atoms with Gasteiger partial charge in [0.1, 0.15) is 11.0 Å². The minimum Gasteiger partial charge on any atom is -0.436 e. The van der Waals surface area contributed by atoms with Crippen molar-refractivity contribution in [2.75, 3.05) is 4.90 Å². The highest BCUT2D eigenvalue weighted by Gasteiger charge is 2.36. The largest absolute Gasteiger partial charge is 0.436 e. The van der Waals surface area contributed by atoms with E-state index in [9.17, 15) is 0 Å². The lowest BCUT2D eigenvalue weighted by Crippen LogP contribution is -2.30. The van der Waals surface area contributed by atoms with Gasteiger partial charge in [0.05, 0.1) is 22.4 Å². The van der Waals surface area contributed by atoms with E-state index in [1.54, 1.807) is 0 Å². The molecule has 3 aromatic heterocycles. The van der Waals surface area contributed by atoms with Gasteiger partial charge in [-0.15, -0.1) is 0 Å². The average Bonchev–Trinajstić information content (AvgIpc) is 3.92. The first-order valence-corrected chi connectivity index (χ1v) is 17.9. The molecule has 252 valence electrons. The van der Waals surface area contributed by atoms with Crippen LogP contribution in [-0.2, 0) is 5.41 Å². The van der Waals surface area contributed by atoms with Crippen molar-refractivity contribution >= 4 is 61.1 Å². The maximum Gasteiger partial charge on any atom is 0.227 e. The van der Waals surface area contributed by atoms with Crippen molar-refractivity contribution in [1.29, 1.82) is 0 Å². The Kier molecular flexibility index (Phi) is 6.20. The highest BCUT2D eigenvalue weighted by Crippen LogP contribution is 2.52. The molecule has 6 heteroatoms. The lowest BCUT2D eigenvalue weighted by molar-refractivity contribution is 0.619. The molecule has 10 aromatic rings. The van der Waals surface area contributed by atoms with Crippen LogP contribution in [0.15, 0.2) is 167 Å². The second-order valence-electron chi connectivity index (χ2n) is 14.3. The van der Waals surface area contributed by atoms with Gasteiger partial charge in [-0.05, 0) is 102 Å². The molecule has 0 spiro atoms. The molecule has 0 N–H and O–H groups in total. The van der Waals surface area contributed by atoms with Gasteiger partial charge in [-0.1, -0.05) is 80.6 Å². The van der Waals surface area contributed by atoms with E-state index in [4.69, 9.17) is 18.8 Å². The lowest BCUT2D eigenvalue weighted by Gasteiger charge is -2.42. The molecule has 0 aliphatic carbocycles. The van der Waals surface area contributed by atoms with Gasteiger partial charge < -0.3 is 18.3 Å². The molecule has 0 saturated heterocycles. The number of para-hydroxylation sites is 6. The number of anilines is 3. The summed E-state index contributed by atoms with van der Waals surface area (Å²) in [6.45, 7) is 4.64. The first-order chi connectivity index (χ1) is 26.0. The van der Waals surface area contributed by atoms with Gasteiger partial charge in [-0.3, -0.25) is 0 Å². The SMILES string of the molecule is CC1(C)c2ccccc2N(c2cccc(-n3c4ccc(-c5nc6ccccc6o5)cc4c4cc(-c5nc6ccccc6o5)ccc43)c2)c2ccccc21. The highest BCUT2D eigenvalue weighted by atomic mass is 16.4. The Labute approximate surface area is 305 Å². The van der Waals surface area contributed by atoms with Crippen LogP contribution in [0.4, 0.5) is 17.1 Å². The Bertz CT molecular complexity index is 2830. The summed E-state index contributed by atoms with van der Waals surface area (Å²) >= 11 is 0. The third kappa shape index (κ3) is 4.45. The van der Waals surface area contributed by atoms with E-state index in [0.29, 0.717) is 11.8 Å². The van der Waals surface area contributed by atoms with Crippen molar-refractivity contribution in [2.45, 2.75) is 19.3 Å². The Hall–Kier alpha value is -6.92. The topological polar surface area (TPSA) is 60.2 Å². The molecule has 4 heterocycles. The van der Waals surface area contributed by atoms with Crippen LogP contribution in [-0.4, -0.2) is 14.5 Å². The van der Waals surface area contributed by atoms with E-state index in [1.165, 1.54) is 22.5 Å². The number of benzene rings is 7. The summed E-state index contributed by atoms with van der Waals surface area (Å²) < 4.78 is 14.8. The summed E-state index contributed by atoms with van der Waals surface area (Å²) in [7, 11) is 0. The molecule has 0 fully saturated rings. The van der Waals surface area contributed by atoms with Gasteiger partial charge in [0.25, 0.3) is 0 Å². The van der Waals surface area contributed by atoms with Crippen molar-refractivity contribution < 1.29 is 8.83 Å². The van der Waals surface area contributed by atoms with Crippen LogP contribution in [0.1, 0.15) is 25.0 Å². The highest BCUT2D eigenvalue weighted by molar-refractivity contribution is 6.11. The van der Waals surface area contributed by atoms with E-state index in [1.807, 2.05) is 48.5 Å². The molecular weight excluding hydrogens is 653 g/mol. The number of rotatable bonds is 4. The summed E-state index contributed by atoms with van der Waals surface area (Å²) in [5.74, 6) is 1.19.